The normalized spacial score (nSPS) is 18.7. The molecule has 1 aromatic heterocycles. The van der Waals surface area contributed by atoms with E-state index in [9.17, 15) is 22.8 Å². The van der Waals surface area contributed by atoms with E-state index in [2.05, 4.69) is 31.2 Å². The van der Waals surface area contributed by atoms with Crippen molar-refractivity contribution in [3.05, 3.63) is 23.4 Å². The lowest BCUT2D eigenvalue weighted by molar-refractivity contribution is -0.218. The van der Waals surface area contributed by atoms with Crippen LogP contribution >= 0.6 is 11.3 Å². The van der Waals surface area contributed by atoms with E-state index in [1.807, 2.05) is 0 Å². The topological polar surface area (TPSA) is 211 Å². The Morgan fingerprint density at radius 3 is 2.55 bits per heavy atom. The van der Waals surface area contributed by atoms with Gasteiger partial charge < -0.3 is 21.0 Å². The van der Waals surface area contributed by atoms with E-state index in [-0.39, 0.29) is 10.8 Å². The third-order valence-corrected chi connectivity index (χ3v) is 4.60. The molecule has 2 rings (SSSR count). The zero-order chi connectivity index (χ0) is 22.1. The molecular formula is C13H15N5O9S2. The SMILES string of the molecule is C=C(O/N=C(\C(=O)NC1C(=O)N(OS(=O)(=O)O)C1(C)C)c1csc(N)n1)C(=O)O. The monoisotopic (exact) mass is 449 g/mol. The lowest BCUT2D eigenvalue weighted by Crippen LogP contribution is -2.76. The summed E-state index contributed by atoms with van der Waals surface area (Å²) >= 11 is 0.958. The molecular weight excluding hydrogens is 434 g/mol. The number of aromatic nitrogens is 1. The predicted octanol–water partition coefficient (Wildman–Crippen LogP) is -1.12. The molecule has 29 heavy (non-hydrogen) atoms. The van der Waals surface area contributed by atoms with Crippen molar-refractivity contribution >= 4 is 50.4 Å². The Bertz CT molecular complexity index is 1010. The Kier molecular flexibility index (Phi) is 5.93. The van der Waals surface area contributed by atoms with Crippen LogP contribution < -0.4 is 11.1 Å². The van der Waals surface area contributed by atoms with Gasteiger partial charge in [-0.05, 0) is 20.4 Å². The maximum Gasteiger partial charge on any atom is 0.418 e. The first-order valence-electron chi connectivity index (χ1n) is 7.44. The molecule has 0 spiro atoms. The zero-order valence-electron chi connectivity index (χ0n) is 14.8. The van der Waals surface area contributed by atoms with E-state index in [4.69, 9.17) is 15.4 Å². The maximum absolute atomic E-state index is 12.6. The van der Waals surface area contributed by atoms with Gasteiger partial charge in [0, 0.05) is 5.38 Å². The number of nitrogen functional groups attached to an aromatic ring is 1. The highest BCUT2D eigenvalue weighted by Crippen LogP contribution is 2.32. The number of aliphatic carboxylic acids is 1. The van der Waals surface area contributed by atoms with Gasteiger partial charge in [-0.3, -0.25) is 14.1 Å². The lowest BCUT2D eigenvalue weighted by Gasteiger charge is -2.50. The van der Waals surface area contributed by atoms with Gasteiger partial charge in [-0.2, -0.15) is 13.5 Å². The van der Waals surface area contributed by atoms with Crippen molar-refractivity contribution in [2.45, 2.75) is 25.4 Å². The van der Waals surface area contributed by atoms with Crippen LogP contribution in [0.3, 0.4) is 0 Å². The van der Waals surface area contributed by atoms with Crippen LogP contribution in [-0.2, 0) is 33.9 Å². The lowest BCUT2D eigenvalue weighted by atomic mass is 9.84. The Morgan fingerprint density at radius 1 is 1.48 bits per heavy atom. The fraction of sp³-hybridized carbons (Fsp3) is 0.308. The van der Waals surface area contributed by atoms with Crippen molar-refractivity contribution < 1.29 is 41.6 Å². The number of rotatable bonds is 8. The number of oxime groups is 1. The van der Waals surface area contributed by atoms with Crippen LogP contribution in [0.15, 0.2) is 22.9 Å². The van der Waals surface area contributed by atoms with E-state index in [0.717, 1.165) is 11.3 Å². The van der Waals surface area contributed by atoms with Gasteiger partial charge in [0.1, 0.15) is 11.7 Å². The molecule has 0 aromatic carbocycles. The molecule has 1 saturated heterocycles. The van der Waals surface area contributed by atoms with E-state index in [1.165, 1.54) is 19.2 Å². The number of amides is 2. The highest BCUT2D eigenvalue weighted by Gasteiger charge is 2.58. The molecule has 16 heteroatoms. The quantitative estimate of drug-likeness (QED) is 0.0932. The summed E-state index contributed by atoms with van der Waals surface area (Å²) in [5.41, 5.74) is 3.55. The van der Waals surface area contributed by atoms with Crippen molar-refractivity contribution in [3.8, 4) is 0 Å². The molecule has 1 atom stereocenters. The van der Waals surface area contributed by atoms with Crippen LogP contribution in [0.4, 0.5) is 5.13 Å². The molecule has 0 aliphatic carbocycles. The third-order valence-electron chi connectivity index (χ3n) is 3.59. The average molecular weight is 449 g/mol. The van der Waals surface area contributed by atoms with E-state index >= 15 is 0 Å². The molecule has 158 valence electrons. The molecule has 2 amide bonds. The van der Waals surface area contributed by atoms with Crippen molar-refractivity contribution in [3.63, 3.8) is 0 Å². The first kappa shape index (κ1) is 22.2. The summed E-state index contributed by atoms with van der Waals surface area (Å²) in [4.78, 5) is 43.9. The second-order valence-electron chi connectivity index (χ2n) is 6.03. The molecule has 1 aromatic rings. The Hall–Kier alpha value is -3.08. The van der Waals surface area contributed by atoms with Crippen LogP contribution in [0.25, 0.3) is 0 Å². The molecule has 1 fully saturated rings. The first-order chi connectivity index (χ1) is 13.2. The van der Waals surface area contributed by atoms with Crippen molar-refractivity contribution in [2.75, 3.05) is 5.73 Å². The van der Waals surface area contributed by atoms with Crippen LogP contribution in [0, 0.1) is 0 Å². The minimum Gasteiger partial charge on any atom is -0.475 e. The minimum absolute atomic E-state index is 0.0705. The van der Waals surface area contributed by atoms with Crippen LogP contribution in [0.5, 0.6) is 0 Å². The van der Waals surface area contributed by atoms with Gasteiger partial charge in [-0.1, -0.05) is 5.16 Å². The second-order valence-corrected chi connectivity index (χ2v) is 7.92. The highest BCUT2D eigenvalue weighted by atomic mass is 32.3. The number of carboxylic acids is 1. The number of nitrogens with zero attached hydrogens (tertiary/aromatic N) is 3. The van der Waals surface area contributed by atoms with E-state index < -0.39 is 51.2 Å². The average Bonchev–Trinajstić information content (AvgIpc) is 3.02. The number of hydroxylamine groups is 2. The smallest absolute Gasteiger partial charge is 0.418 e. The van der Waals surface area contributed by atoms with Crippen molar-refractivity contribution in [1.82, 2.24) is 15.4 Å². The molecule has 14 nitrogen and oxygen atoms in total. The molecule has 1 aliphatic heterocycles. The number of carboxylic acid groups (broad SMARTS) is 1. The number of nitrogens with two attached hydrogens (primary N) is 1. The standard InChI is InChI=1S/C13H15N5O9S2/c1-5(11(21)22)26-17-7(6-4-28-12(14)15-6)9(19)16-8-10(20)18(13(8,2)3)27-29(23,24)25/h4,8H,1H2,2-3H3,(H2,14,15)(H,16,19)(H,21,22)(H,23,24,25)/b17-7-. The highest BCUT2D eigenvalue weighted by molar-refractivity contribution is 7.80. The van der Waals surface area contributed by atoms with Gasteiger partial charge in [0.05, 0.1) is 5.54 Å². The number of hydrogen-bond acceptors (Lipinski definition) is 11. The molecule has 0 radical (unpaired) electrons. The predicted molar refractivity (Wildman–Crippen MR) is 96.4 cm³/mol. The van der Waals surface area contributed by atoms with Crippen LogP contribution in [-0.4, -0.2) is 63.2 Å². The minimum atomic E-state index is -4.96. The summed E-state index contributed by atoms with van der Waals surface area (Å²) in [5, 5.41) is 16.2. The first-order valence-corrected chi connectivity index (χ1v) is 9.69. The zero-order valence-corrected chi connectivity index (χ0v) is 16.5. The Labute approximate surface area is 167 Å². The maximum atomic E-state index is 12.6. The van der Waals surface area contributed by atoms with E-state index in [0.29, 0.717) is 5.06 Å². The summed E-state index contributed by atoms with van der Waals surface area (Å²) in [6.45, 7) is 5.80. The summed E-state index contributed by atoms with van der Waals surface area (Å²) in [5.74, 6) is -4.30. The molecule has 0 saturated carbocycles. The number of carbonyl (C=O) groups is 3. The van der Waals surface area contributed by atoms with Gasteiger partial charge >= 0.3 is 16.4 Å². The van der Waals surface area contributed by atoms with Crippen LogP contribution in [0.2, 0.25) is 0 Å². The Morgan fingerprint density at radius 2 is 2.10 bits per heavy atom. The fourth-order valence-corrected chi connectivity index (χ4v) is 3.16. The second kappa shape index (κ2) is 7.74. The summed E-state index contributed by atoms with van der Waals surface area (Å²) < 4.78 is 34.6. The molecule has 5 N–H and O–H groups in total. The molecule has 1 unspecified atom stereocenters. The number of carbonyl (C=O) groups excluding carboxylic acids is 2. The molecule has 1 aliphatic rings. The third kappa shape index (κ3) is 4.86. The molecule has 2 heterocycles. The number of thiazole rings is 1. The fourth-order valence-electron chi connectivity index (χ4n) is 2.16. The van der Waals surface area contributed by atoms with Gasteiger partial charge in [0.2, 0.25) is 5.76 Å². The van der Waals surface area contributed by atoms with Gasteiger partial charge in [0.15, 0.2) is 10.8 Å². The van der Waals surface area contributed by atoms with Gasteiger partial charge in [-0.15, -0.1) is 15.6 Å². The molecule has 0 bridgehead atoms. The number of hydrogen-bond donors (Lipinski definition) is 4. The largest absolute Gasteiger partial charge is 0.475 e. The Balaban J connectivity index is 2.24. The van der Waals surface area contributed by atoms with Crippen LogP contribution in [0.1, 0.15) is 19.5 Å². The number of nitrogens with one attached hydrogen (secondary N) is 1. The van der Waals surface area contributed by atoms with Gasteiger partial charge in [-0.25, -0.2) is 9.78 Å². The van der Waals surface area contributed by atoms with Gasteiger partial charge in [0.25, 0.3) is 11.8 Å². The van der Waals surface area contributed by atoms with Crippen molar-refractivity contribution in [1.29, 1.82) is 0 Å². The number of anilines is 1. The van der Waals surface area contributed by atoms with E-state index in [1.54, 1.807) is 0 Å². The van der Waals surface area contributed by atoms with Crippen molar-refractivity contribution in [2.24, 2.45) is 5.16 Å². The summed E-state index contributed by atoms with van der Waals surface area (Å²) in [7, 11) is -4.96. The number of β-lactam (4-membered cyclic amide) rings is 1. The summed E-state index contributed by atoms with van der Waals surface area (Å²) in [6, 6.07) is -1.28. The summed E-state index contributed by atoms with van der Waals surface area (Å²) in [6.07, 6.45) is 0.